The summed E-state index contributed by atoms with van der Waals surface area (Å²) in [5.74, 6) is 0.0350. The van der Waals surface area contributed by atoms with E-state index in [1.54, 1.807) is 4.90 Å². The van der Waals surface area contributed by atoms with E-state index in [1.165, 1.54) is 36.5 Å². The number of fused-ring (bicyclic) bond motifs is 1. The first-order valence-electron chi connectivity index (χ1n) is 11.2. The molecule has 0 radical (unpaired) electrons. The highest BCUT2D eigenvalue weighted by atomic mass is 28.3. The van der Waals surface area contributed by atoms with Crippen LogP contribution in [0.4, 0.5) is 30.5 Å². The number of hydrogen-bond donors (Lipinski definition) is 0. The van der Waals surface area contributed by atoms with Crippen molar-refractivity contribution < 1.29 is 32.3 Å². The third-order valence-corrected chi connectivity index (χ3v) is 7.24. The van der Waals surface area contributed by atoms with Gasteiger partial charge in [0.2, 0.25) is 5.95 Å². The van der Waals surface area contributed by atoms with Crippen LogP contribution in [0.3, 0.4) is 0 Å². The Balaban J connectivity index is 1.73. The summed E-state index contributed by atoms with van der Waals surface area (Å²) in [6, 6.07) is 7.50. The molecule has 1 fully saturated rings. The van der Waals surface area contributed by atoms with Crippen molar-refractivity contribution in [3.8, 4) is 5.75 Å². The van der Waals surface area contributed by atoms with Crippen molar-refractivity contribution in [3.63, 3.8) is 0 Å². The number of nitrogens with zero attached hydrogens (tertiary/aromatic N) is 5. The number of rotatable bonds is 10. The number of anilines is 2. The molecule has 0 unspecified atom stereocenters. The highest BCUT2D eigenvalue weighted by Crippen LogP contribution is 2.35. The topological polar surface area (TPSA) is 105 Å². The highest BCUT2D eigenvalue weighted by Gasteiger charge is 2.32. The van der Waals surface area contributed by atoms with Gasteiger partial charge in [0.05, 0.1) is 24.2 Å². The van der Waals surface area contributed by atoms with Crippen molar-refractivity contribution >= 4 is 36.6 Å². The van der Waals surface area contributed by atoms with Gasteiger partial charge in [-0.05, 0) is 30.3 Å². The van der Waals surface area contributed by atoms with E-state index in [9.17, 15) is 23.3 Å². The maximum atomic E-state index is 12.6. The Hall–Kier alpha value is -3.23. The van der Waals surface area contributed by atoms with Crippen LogP contribution in [-0.2, 0) is 9.47 Å². The van der Waals surface area contributed by atoms with E-state index in [2.05, 4.69) is 34.3 Å². The second kappa shape index (κ2) is 10.0. The van der Waals surface area contributed by atoms with Crippen LogP contribution >= 0.6 is 0 Å². The Morgan fingerprint density at radius 1 is 1.25 bits per heavy atom. The third-order valence-electron chi connectivity index (χ3n) is 5.53. The first kappa shape index (κ1) is 25.8. The molecular formula is C22H26F3N5O5Si. The normalized spacial score (nSPS) is 14.6. The molecule has 3 heterocycles. The molecule has 2 aromatic heterocycles. The van der Waals surface area contributed by atoms with E-state index in [0.29, 0.717) is 42.6 Å². The molecule has 14 heteroatoms. The highest BCUT2D eigenvalue weighted by molar-refractivity contribution is 6.76. The van der Waals surface area contributed by atoms with Gasteiger partial charge in [0.25, 0.3) is 5.69 Å². The average Bonchev–Trinajstić information content (AvgIpc) is 3.09. The third kappa shape index (κ3) is 6.12. The van der Waals surface area contributed by atoms with E-state index in [1.807, 2.05) is 4.57 Å². The molecular weight excluding hydrogens is 499 g/mol. The standard InChI is InChI=1S/C22H26F3N5O5Si/c1-36(2,3)9-8-33-14-28(15-4-6-18(7-5-15)35-22(23,24)25)21-27-19-10-16(30(31)32)11-26-20(19)29(21)17-12-34-13-17/h4-7,10-11,17H,8-9,12-14H2,1-3H3. The first-order valence-corrected chi connectivity index (χ1v) is 14.9. The van der Waals surface area contributed by atoms with E-state index >= 15 is 0 Å². The Morgan fingerprint density at radius 2 is 1.94 bits per heavy atom. The number of nitro groups is 1. The number of alkyl halides is 3. The Labute approximate surface area is 205 Å². The zero-order valence-electron chi connectivity index (χ0n) is 20.0. The molecule has 1 aliphatic rings. The van der Waals surface area contributed by atoms with Crippen LogP contribution in [0.15, 0.2) is 36.5 Å². The van der Waals surface area contributed by atoms with Crippen molar-refractivity contribution in [2.24, 2.45) is 0 Å². The van der Waals surface area contributed by atoms with Crippen molar-refractivity contribution in [2.75, 3.05) is 31.5 Å². The fraction of sp³-hybridized carbons (Fsp3) is 0.455. The maximum absolute atomic E-state index is 12.6. The van der Waals surface area contributed by atoms with E-state index in [-0.39, 0.29) is 24.2 Å². The molecule has 3 aromatic rings. The summed E-state index contributed by atoms with van der Waals surface area (Å²) in [5.41, 5.74) is 1.06. The predicted octanol–water partition coefficient (Wildman–Crippen LogP) is 5.26. The average molecular weight is 526 g/mol. The van der Waals surface area contributed by atoms with Crippen molar-refractivity contribution in [1.82, 2.24) is 14.5 Å². The second-order valence-corrected chi connectivity index (χ2v) is 15.2. The molecule has 0 atom stereocenters. The lowest BCUT2D eigenvalue weighted by Crippen LogP contribution is -2.34. The van der Waals surface area contributed by atoms with Crippen LogP contribution in [0, 0.1) is 10.1 Å². The summed E-state index contributed by atoms with van der Waals surface area (Å²) < 4.78 is 55.0. The van der Waals surface area contributed by atoms with E-state index in [4.69, 9.17) is 9.47 Å². The summed E-state index contributed by atoms with van der Waals surface area (Å²) in [4.78, 5) is 21.3. The molecule has 0 N–H and O–H groups in total. The molecule has 1 saturated heterocycles. The minimum absolute atomic E-state index is 0.0585. The van der Waals surface area contributed by atoms with Gasteiger partial charge in [0.1, 0.15) is 24.2 Å². The van der Waals surface area contributed by atoms with Gasteiger partial charge >= 0.3 is 6.36 Å². The summed E-state index contributed by atoms with van der Waals surface area (Å²) in [5, 5.41) is 11.3. The smallest absolute Gasteiger partial charge is 0.406 e. The number of aromatic nitrogens is 3. The zero-order valence-corrected chi connectivity index (χ0v) is 21.0. The number of benzene rings is 1. The van der Waals surface area contributed by atoms with Crippen molar-refractivity contribution in [3.05, 3.63) is 46.6 Å². The number of halogens is 3. The van der Waals surface area contributed by atoms with Gasteiger partial charge in [-0.2, -0.15) is 0 Å². The maximum Gasteiger partial charge on any atom is 0.573 e. The Morgan fingerprint density at radius 3 is 2.50 bits per heavy atom. The van der Waals surface area contributed by atoms with Crippen LogP contribution in [-0.4, -0.2) is 60.4 Å². The number of ether oxygens (including phenoxy) is 3. The molecule has 0 amide bonds. The molecule has 0 saturated carbocycles. The van der Waals surface area contributed by atoms with Gasteiger partial charge in [0.15, 0.2) is 5.65 Å². The van der Waals surface area contributed by atoms with Crippen LogP contribution in [0.1, 0.15) is 6.04 Å². The second-order valence-electron chi connectivity index (χ2n) is 9.58. The molecule has 0 bridgehead atoms. The van der Waals surface area contributed by atoms with Crippen LogP contribution in [0.5, 0.6) is 5.75 Å². The lowest BCUT2D eigenvalue weighted by molar-refractivity contribution is -0.385. The lowest BCUT2D eigenvalue weighted by atomic mass is 10.2. The van der Waals surface area contributed by atoms with Crippen molar-refractivity contribution in [1.29, 1.82) is 0 Å². The molecule has 1 aliphatic heterocycles. The fourth-order valence-electron chi connectivity index (χ4n) is 3.57. The van der Waals surface area contributed by atoms with E-state index < -0.39 is 19.4 Å². The number of imidazole rings is 1. The molecule has 194 valence electrons. The van der Waals surface area contributed by atoms with Gasteiger partial charge in [-0.1, -0.05) is 19.6 Å². The number of hydrogen-bond acceptors (Lipinski definition) is 8. The SMILES string of the molecule is C[Si](C)(C)CCOCN(c1ccc(OC(F)(F)F)cc1)c1nc2cc([N+](=O)[O-])cnc2n1C1COC1. The molecule has 0 spiro atoms. The van der Waals surface area contributed by atoms with E-state index in [0.717, 1.165) is 6.04 Å². The summed E-state index contributed by atoms with van der Waals surface area (Å²) in [7, 11) is -1.36. The quantitative estimate of drug-likeness (QED) is 0.116. The van der Waals surface area contributed by atoms with Gasteiger partial charge in [0, 0.05) is 26.4 Å². The molecule has 0 aliphatic carbocycles. The fourth-order valence-corrected chi connectivity index (χ4v) is 4.32. The van der Waals surface area contributed by atoms with Crippen LogP contribution in [0.2, 0.25) is 25.7 Å². The minimum atomic E-state index is -4.81. The first-order chi connectivity index (χ1) is 16.9. The summed E-state index contributed by atoms with van der Waals surface area (Å²) in [6.45, 7) is 8.03. The predicted molar refractivity (Wildman–Crippen MR) is 128 cm³/mol. The van der Waals surface area contributed by atoms with Gasteiger partial charge < -0.3 is 14.2 Å². The van der Waals surface area contributed by atoms with Crippen LogP contribution < -0.4 is 9.64 Å². The Kier molecular flexibility index (Phi) is 7.20. The van der Waals surface area contributed by atoms with Crippen LogP contribution in [0.25, 0.3) is 11.2 Å². The monoisotopic (exact) mass is 525 g/mol. The summed E-state index contributed by atoms with van der Waals surface area (Å²) >= 11 is 0. The zero-order chi connectivity index (χ0) is 26.1. The Bertz CT molecular complexity index is 1230. The molecule has 10 nitrogen and oxygen atoms in total. The van der Waals surface area contributed by atoms with Gasteiger partial charge in [-0.25, -0.2) is 9.97 Å². The molecule has 1 aromatic carbocycles. The molecule has 4 rings (SSSR count). The van der Waals surface area contributed by atoms with Gasteiger partial charge in [-0.3, -0.25) is 19.6 Å². The summed E-state index contributed by atoms with van der Waals surface area (Å²) in [6.07, 6.45) is -3.64. The number of pyridine rings is 1. The largest absolute Gasteiger partial charge is 0.573 e. The molecule has 36 heavy (non-hydrogen) atoms. The minimum Gasteiger partial charge on any atom is -0.406 e. The van der Waals surface area contributed by atoms with Crippen molar-refractivity contribution in [2.45, 2.75) is 38.1 Å². The van der Waals surface area contributed by atoms with Gasteiger partial charge in [-0.15, -0.1) is 13.2 Å². The lowest BCUT2D eigenvalue weighted by Gasteiger charge is -2.32.